The number of carbonyl (C=O) groups excluding carboxylic acids is 2. The number of nitrogens with zero attached hydrogens (tertiary/aromatic N) is 2. The van der Waals surface area contributed by atoms with Crippen LogP contribution in [0.4, 0.5) is 4.79 Å². The molecule has 0 unspecified atom stereocenters. The van der Waals surface area contributed by atoms with E-state index < -0.39 is 17.6 Å². The van der Waals surface area contributed by atoms with Crippen molar-refractivity contribution in [2.75, 3.05) is 33.9 Å². The van der Waals surface area contributed by atoms with E-state index in [9.17, 15) is 14.9 Å². The highest BCUT2D eigenvalue weighted by Crippen LogP contribution is 2.27. The lowest BCUT2D eigenvalue weighted by atomic mass is 10.1. The van der Waals surface area contributed by atoms with Crippen molar-refractivity contribution in [3.05, 3.63) is 35.5 Å². The van der Waals surface area contributed by atoms with Crippen molar-refractivity contribution in [3.8, 4) is 17.6 Å². The van der Waals surface area contributed by atoms with Crippen LogP contribution in [0.15, 0.2) is 30.0 Å². The number of nitriles is 1. The van der Waals surface area contributed by atoms with Crippen LogP contribution in [0.25, 0.3) is 0 Å². The summed E-state index contributed by atoms with van der Waals surface area (Å²) >= 11 is 0. The maximum absolute atomic E-state index is 12.4. The number of rotatable bonds is 9. The van der Waals surface area contributed by atoms with Crippen molar-refractivity contribution in [1.29, 1.82) is 5.26 Å². The Morgan fingerprint density at radius 1 is 1.23 bits per heavy atom. The predicted molar refractivity (Wildman–Crippen MR) is 112 cm³/mol. The molecule has 1 aromatic carbocycles. The second kappa shape index (κ2) is 11.7. The van der Waals surface area contributed by atoms with Gasteiger partial charge in [-0.2, -0.15) is 5.26 Å². The van der Waals surface area contributed by atoms with Crippen LogP contribution >= 0.6 is 0 Å². The van der Waals surface area contributed by atoms with Crippen LogP contribution in [0.5, 0.6) is 11.5 Å². The lowest BCUT2D eigenvalue weighted by molar-refractivity contribution is -0.117. The van der Waals surface area contributed by atoms with E-state index in [1.807, 2.05) is 18.2 Å². The van der Waals surface area contributed by atoms with Crippen molar-refractivity contribution in [2.24, 2.45) is 5.73 Å². The van der Waals surface area contributed by atoms with Crippen molar-refractivity contribution in [3.63, 3.8) is 0 Å². The normalized spacial score (nSPS) is 11.3. The maximum Gasteiger partial charge on any atom is 0.414 e. The summed E-state index contributed by atoms with van der Waals surface area (Å²) in [7, 11) is 3.10. The van der Waals surface area contributed by atoms with Gasteiger partial charge >= 0.3 is 6.09 Å². The van der Waals surface area contributed by atoms with Gasteiger partial charge in [0, 0.05) is 25.8 Å². The number of nitrogens with two attached hydrogens (primary N) is 1. The van der Waals surface area contributed by atoms with E-state index in [1.165, 1.54) is 0 Å². The Labute approximate surface area is 177 Å². The molecule has 0 aromatic heterocycles. The molecule has 9 nitrogen and oxygen atoms in total. The molecular formula is C21H30N4O5. The van der Waals surface area contributed by atoms with E-state index in [4.69, 9.17) is 19.9 Å². The van der Waals surface area contributed by atoms with Gasteiger partial charge in [-0.05, 0) is 44.9 Å². The highest BCUT2D eigenvalue weighted by molar-refractivity contribution is 5.97. The topological polar surface area (TPSA) is 127 Å². The quantitative estimate of drug-likeness (QED) is 0.463. The SMILES string of the molecule is COc1ccc(CCNC(=O)/C(C#N)=C\N(CCN)C(=O)OC(C)(C)C)cc1OC. The van der Waals surface area contributed by atoms with Gasteiger partial charge in [0.2, 0.25) is 0 Å². The Bertz CT molecular complexity index is 809. The highest BCUT2D eigenvalue weighted by Gasteiger charge is 2.22. The molecule has 3 N–H and O–H groups in total. The molecule has 0 saturated carbocycles. The first-order chi connectivity index (χ1) is 14.1. The lowest BCUT2D eigenvalue weighted by Gasteiger charge is -2.25. The Kier molecular flexibility index (Phi) is 9.65. The van der Waals surface area contributed by atoms with Crippen molar-refractivity contribution in [1.82, 2.24) is 10.2 Å². The summed E-state index contributed by atoms with van der Waals surface area (Å²) < 4.78 is 15.7. The molecule has 0 bridgehead atoms. The fourth-order valence-electron chi connectivity index (χ4n) is 2.41. The largest absolute Gasteiger partial charge is 0.493 e. The van der Waals surface area contributed by atoms with Gasteiger partial charge in [-0.15, -0.1) is 0 Å². The summed E-state index contributed by atoms with van der Waals surface area (Å²) in [6.45, 7) is 5.72. The highest BCUT2D eigenvalue weighted by atomic mass is 16.6. The van der Waals surface area contributed by atoms with Gasteiger partial charge in [0.15, 0.2) is 11.5 Å². The van der Waals surface area contributed by atoms with Crippen molar-refractivity contribution < 1.29 is 23.8 Å². The van der Waals surface area contributed by atoms with Crippen LogP contribution in [-0.2, 0) is 16.0 Å². The van der Waals surface area contributed by atoms with Crippen LogP contribution in [0.2, 0.25) is 0 Å². The first kappa shape index (κ1) is 24.8. The average Bonchev–Trinajstić information content (AvgIpc) is 2.69. The number of benzene rings is 1. The monoisotopic (exact) mass is 418 g/mol. The molecule has 30 heavy (non-hydrogen) atoms. The van der Waals surface area contributed by atoms with Crippen molar-refractivity contribution in [2.45, 2.75) is 32.8 Å². The summed E-state index contributed by atoms with van der Waals surface area (Å²) in [5, 5.41) is 12.0. The summed E-state index contributed by atoms with van der Waals surface area (Å²) in [4.78, 5) is 25.8. The van der Waals surface area contributed by atoms with Crippen LogP contribution in [0.3, 0.4) is 0 Å². The average molecular weight is 418 g/mol. The second-order valence-corrected chi connectivity index (χ2v) is 7.31. The Morgan fingerprint density at radius 2 is 1.90 bits per heavy atom. The van der Waals surface area contributed by atoms with Gasteiger partial charge in [-0.25, -0.2) is 4.79 Å². The zero-order valence-electron chi connectivity index (χ0n) is 18.2. The van der Waals surface area contributed by atoms with E-state index in [-0.39, 0.29) is 25.2 Å². The van der Waals surface area contributed by atoms with Gasteiger partial charge in [0.25, 0.3) is 5.91 Å². The molecule has 0 heterocycles. The number of methoxy groups -OCH3 is 2. The Balaban J connectivity index is 2.79. The van der Waals surface area contributed by atoms with Gasteiger partial charge in [-0.3, -0.25) is 9.69 Å². The molecule has 0 aliphatic rings. The number of carbonyl (C=O) groups is 2. The minimum Gasteiger partial charge on any atom is -0.493 e. The van der Waals surface area contributed by atoms with Gasteiger partial charge in [0.05, 0.1) is 14.2 Å². The third-order valence-corrected chi connectivity index (χ3v) is 3.80. The van der Waals surface area contributed by atoms with Crippen LogP contribution in [0.1, 0.15) is 26.3 Å². The van der Waals surface area contributed by atoms with E-state index in [0.717, 1.165) is 16.7 Å². The first-order valence-corrected chi connectivity index (χ1v) is 9.45. The molecule has 1 rings (SSSR count). The molecule has 0 fully saturated rings. The molecule has 0 atom stereocenters. The molecule has 0 aliphatic carbocycles. The minimum absolute atomic E-state index is 0.110. The maximum atomic E-state index is 12.4. The van der Waals surface area contributed by atoms with E-state index in [1.54, 1.807) is 41.1 Å². The van der Waals surface area contributed by atoms with E-state index in [2.05, 4.69) is 5.32 Å². The molecule has 9 heteroatoms. The van der Waals surface area contributed by atoms with Crippen LogP contribution in [0, 0.1) is 11.3 Å². The van der Waals surface area contributed by atoms with Crippen LogP contribution < -0.4 is 20.5 Å². The fourth-order valence-corrected chi connectivity index (χ4v) is 2.41. The summed E-state index contributed by atoms with van der Waals surface area (Å²) in [6.07, 6.45) is 0.995. The zero-order valence-corrected chi connectivity index (χ0v) is 18.2. The third kappa shape index (κ3) is 8.01. The number of amides is 2. The lowest BCUT2D eigenvalue weighted by Crippen LogP contribution is -2.37. The minimum atomic E-state index is -0.716. The van der Waals surface area contributed by atoms with Crippen molar-refractivity contribution >= 4 is 12.0 Å². The number of hydrogen-bond donors (Lipinski definition) is 2. The third-order valence-electron chi connectivity index (χ3n) is 3.80. The Hall–Kier alpha value is -3.25. The van der Waals surface area contributed by atoms with Gasteiger partial charge in [-0.1, -0.05) is 6.07 Å². The molecule has 0 spiro atoms. The number of hydrogen-bond acceptors (Lipinski definition) is 7. The number of ether oxygens (including phenoxy) is 3. The smallest absolute Gasteiger partial charge is 0.414 e. The molecule has 0 saturated heterocycles. The van der Waals surface area contributed by atoms with E-state index in [0.29, 0.717) is 17.9 Å². The number of nitrogens with one attached hydrogen (secondary N) is 1. The molecule has 2 amide bonds. The second-order valence-electron chi connectivity index (χ2n) is 7.31. The molecular weight excluding hydrogens is 388 g/mol. The first-order valence-electron chi connectivity index (χ1n) is 9.45. The van der Waals surface area contributed by atoms with Crippen LogP contribution in [-0.4, -0.2) is 56.4 Å². The summed E-state index contributed by atoms with van der Waals surface area (Å²) in [5.74, 6) is 0.611. The fraction of sp³-hybridized carbons (Fsp3) is 0.476. The Morgan fingerprint density at radius 3 is 2.43 bits per heavy atom. The zero-order chi connectivity index (χ0) is 22.7. The standard InChI is InChI=1S/C21H30N4O5/c1-21(2,3)30-20(27)25(11-9-22)14-16(13-23)19(26)24-10-8-15-6-7-17(28-4)18(12-15)29-5/h6-7,12,14H,8-11,22H2,1-5H3,(H,24,26)/b16-14-. The van der Waals surface area contributed by atoms with E-state index >= 15 is 0 Å². The van der Waals surface area contributed by atoms with Gasteiger partial charge < -0.3 is 25.3 Å². The molecule has 0 aliphatic heterocycles. The van der Waals surface area contributed by atoms with Gasteiger partial charge in [0.1, 0.15) is 17.2 Å². The molecule has 1 aromatic rings. The molecule has 164 valence electrons. The summed E-state index contributed by atoms with van der Waals surface area (Å²) in [6, 6.07) is 7.27. The molecule has 0 radical (unpaired) electrons. The summed E-state index contributed by atoms with van der Waals surface area (Å²) in [5.41, 5.74) is 5.52. The predicted octanol–water partition coefficient (Wildman–Crippen LogP) is 1.97.